The number of hydrogen-bond acceptors (Lipinski definition) is 4. The molecule has 0 spiro atoms. The number of benzene rings is 4. The number of ether oxygens (including phenoxy) is 2. The average molecular weight is 768 g/mol. The Balaban J connectivity index is 0.000000209. The van der Waals surface area contributed by atoms with Gasteiger partial charge in [-0.15, -0.1) is 59.6 Å². The predicted octanol–water partition coefficient (Wildman–Crippen LogP) is 7.01. The fourth-order valence-corrected chi connectivity index (χ4v) is 5.91. The zero-order valence-electron chi connectivity index (χ0n) is 30.9. The topological polar surface area (TPSA) is 44.2 Å². The minimum atomic E-state index is -2.09. The van der Waals surface area contributed by atoms with Crippen LogP contribution >= 0.6 is 0 Å². The molecule has 0 amide bonds. The van der Waals surface area contributed by atoms with Crippen molar-refractivity contribution >= 4 is 23.1 Å². The van der Waals surface area contributed by atoms with Crippen molar-refractivity contribution < 1.29 is 39.2 Å². The van der Waals surface area contributed by atoms with Gasteiger partial charge in [0.2, 0.25) is 6.71 Å². The molecule has 1 radical (unpaired) electrons. The van der Waals surface area contributed by atoms with Crippen molar-refractivity contribution in [2.75, 3.05) is 0 Å². The maximum atomic E-state index is 8.52. The second kappa shape index (κ2) is 12.5. The minimum Gasteiger partial charge on any atom is -0.503 e. The number of aryl methyl sites for hydroxylation is 3. The molecule has 2 aromatic heterocycles. The molecule has 4 aromatic carbocycles. The van der Waals surface area contributed by atoms with Crippen LogP contribution in [0.4, 0.5) is 0 Å². The van der Waals surface area contributed by atoms with Crippen LogP contribution in [0.2, 0.25) is 0 Å². The van der Waals surface area contributed by atoms with Crippen molar-refractivity contribution in [3.05, 3.63) is 138 Å². The van der Waals surface area contributed by atoms with Gasteiger partial charge in [0.05, 0.1) is 0 Å². The van der Waals surface area contributed by atoms with Gasteiger partial charge >= 0.3 is 0 Å². The van der Waals surface area contributed by atoms with E-state index in [-0.39, 0.29) is 45.2 Å². The van der Waals surface area contributed by atoms with E-state index in [1.54, 1.807) is 24.3 Å². The smallest absolute Gasteiger partial charge is 0.241 e. The molecular formula is C39H29BIrN2O2-2. The zero-order valence-corrected chi connectivity index (χ0v) is 26.3. The molecule has 0 bridgehead atoms. The van der Waals surface area contributed by atoms with Crippen LogP contribution in [-0.2, 0) is 32.9 Å². The molecule has 45 heavy (non-hydrogen) atoms. The number of aromatic nitrogens is 2. The molecule has 6 heteroatoms. The van der Waals surface area contributed by atoms with Crippen LogP contribution in [0.15, 0.2) is 109 Å². The molecule has 1 aliphatic carbocycles. The van der Waals surface area contributed by atoms with Gasteiger partial charge in [0.15, 0.2) is 0 Å². The van der Waals surface area contributed by atoms with Crippen LogP contribution < -0.4 is 25.9 Å². The summed E-state index contributed by atoms with van der Waals surface area (Å²) in [5.41, 5.74) is 6.66. The van der Waals surface area contributed by atoms with E-state index in [4.69, 9.17) is 19.1 Å². The summed E-state index contributed by atoms with van der Waals surface area (Å²) in [6.07, 6.45) is -0.110. The summed E-state index contributed by atoms with van der Waals surface area (Å²) in [5, 5.41) is 0. The molecule has 3 aliphatic rings. The Kier molecular flexibility index (Phi) is 6.12. The van der Waals surface area contributed by atoms with Gasteiger partial charge in [-0.2, -0.15) is 0 Å². The minimum absolute atomic E-state index is 0. The number of fused-ring (bicyclic) bond motifs is 5. The molecule has 0 unspecified atom stereocenters. The summed E-state index contributed by atoms with van der Waals surface area (Å²) >= 11 is 0. The van der Waals surface area contributed by atoms with Crippen molar-refractivity contribution in [1.82, 2.24) is 9.97 Å². The maximum Gasteiger partial charge on any atom is 0.241 e. The summed E-state index contributed by atoms with van der Waals surface area (Å²) in [7, 11) is 0. The SMILES string of the molecule is [2H]C([2H])([2H])c1ccc(-c2[c-]cccc2)nc1.[2H]C1([2H])CCC([2H])([2H])c2cc(-c3[c-]ccc4c3Oc3cccc5c3B4c3ccccc3O5)ncc21.[Ir]. The standard InChI is InChI=1S/C27H19BNO2.C12H10N.Ir/c1-2-8-18-16-29-22(15-17(18)7-1)19-9-5-11-21-27(19)31-25-14-6-13-24-26(25)28(21)20-10-3-4-12-23(20)30-24;1-10-7-8-12(13-9-10)11-5-3-2-4-6-11;/h3-6,10-16H,1-2,7-8H2;2-5,7-9H,1H3;/q2*-1;/i7D2,8D2;1D3;. The van der Waals surface area contributed by atoms with Gasteiger partial charge in [0, 0.05) is 53.3 Å². The van der Waals surface area contributed by atoms with E-state index in [2.05, 4.69) is 28.2 Å². The zero-order chi connectivity index (χ0) is 35.5. The van der Waals surface area contributed by atoms with E-state index >= 15 is 0 Å². The van der Waals surface area contributed by atoms with Crippen LogP contribution in [0.5, 0.6) is 23.0 Å². The van der Waals surface area contributed by atoms with Gasteiger partial charge in [-0.25, -0.2) is 0 Å². The molecule has 0 N–H and O–H groups in total. The molecule has 2 aliphatic heterocycles. The van der Waals surface area contributed by atoms with Crippen LogP contribution in [0, 0.1) is 19.0 Å². The normalized spacial score (nSPS) is 18.0. The summed E-state index contributed by atoms with van der Waals surface area (Å²) in [6.45, 7) is -2.17. The predicted molar refractivity (Wildman–Crippen MR) is 176 cm³/mol. The molecule has 221 valence electrons. The second-order valence-electron chi connectivity index (χ2n) is 10.7. The fourth-order valence-electron chi connectivity index (χ4n) is 5.91. The Hall–Kier alpha value is -4.51. The third-order valence-electron chi connectivity index (χ3n) is 7.93. The van der Waals surface area contributed by atoms with E-state index in [9.17, 15) is 0 Å². The Labute approximate surface area is 287 Å². The largest absolute Gasteiger partial charge is 0.503 e. The van der Waals surface area contributed by atoms with Crippen molar-refractivity contribution in [1.29, 1.82) is 0 Å². The first kappa shape index (κ1) is 22.1. The fraction of sp³-hybridized carbons (Fsp3) is 0.128. The quantitative estimate of drug-likeness (QED) is 0.140. The molecule has 0 saturated carbocycles. The van der Waals surface area contributed by atoms with Gasteiger partial charge in [-0.1, -0.05) is 53.6 Å². The van der Waals surface area contributed by atoms with Crippen molar-refractivity contribution in [2.24, 2.45) is 0 Å². The molecular weight excluding hydrogens is 731 g/mol. The Bertz CT molecular complexity index is 2290. The molecule has 6 aromatic rings. The average Bonchev–Trinajstić information content (AvgIpc) is 3.13. The number of para-hydroxylation sites is 1. The van der Waals surface area contributed by atoms with Crippen LogP contribution in [0.1, 0.15) is 39.1 Å². The first-order valence-corrected chi connectivity index (χ1v) is 14.5. The molecule has 4 nitrogen and oxygen atoms in total. The maximum absolute atomic E-state index is 8.52. The molecule has 0 fully saturated rings. The second-order valence-corrected chi connectivity index (χ2v) is 10.7. The van der Waals surface area contributed by atoms with E-state index < -0.39 is 19.6 Å². The van der Waals surface area contributed by atoms with Gasteiger partial charge in [0.25, 0.3) is 0 Å². The van der Waals surface area contributed by atoms with E-state index in [1.807, 2.05) is 66.7 Å². The third kappa shape index (κ3) is 5.50. The number of hydrogen-bond donors (Lipinski definition) is 0. The molecule has 0 saturated heterocycles. The van der Waals surface area contributed by atoms with Crippen molar-refractivity contribution in [3.63, 3.8) is 0 Å². The first-order chi connectivity index (χ1) is 24.4. The van der Waals surface area contributed by atoms with Crippen molar-refractivity contribution in [2.45, 2.75) is 32.4 Å². The number of pyridine rings is 2. The van der Waals surface area contributed by atoms with Crippen LogP contribution in [0.3, 0.4) is 0 Å². The summed E-state index contributed by atoms with van der Waals surface area (Å²) in [4.78, 5) is 8.70. The molecule has 4 heterocycles. The van der Waals surface area contributed by atoms with Crippen LogP contribution in [-0.4, -0.2) is 16.7 Å². The summed E-state index contributed by atoms with van der Waals surface area (Å²) < 4.78 is 68.1. The van der Waals surface area contributed by atoms with E-state index in [1.165, 1.54) is 12.4 Å². The number of nitrogens with zero attached hydrogens (tertiary/aromatic N) is 2. The van der Waals surface area contributed by atoms with E-state index in [0.717, 1.165) is 39.1 Å². The van der Waals surface area contributed by atoms with Crippen molar-refractivity contribution in [3.8, 4) is 45.5 Å². The van der Waals surface area contributed by atoms with Gasteiger partial charge in [-0.05, 0) is 78.6 Å². The Morgan fingerprint density at radius 2 is 1.53 bits per heavy atom. The number of rotatable bonds is 2. The monoisotopic (exact) mass is 768 g/mol. The van der Waals surface area contributed by atoms with Gasteiger partial charge in [-0.3, -0.25) is 0 Å². The third-order valence-corrected chi connectivity index (χ3v) is 7.93. The Morgan fingerprint density at radius 3 is 2.36 bits per heavy atom. The first-order valence-electron chi connectivity index (χ1n) is 18.0. The van der Waals surface area contributed by atoms with Gasteiger partial charge in [0.1, 0.15) is 17.2 Å². The van der Waals surface area contributed by atoms with E-state index in [0.29, 0.717) is 33.9 Å². The summed E-state index contributed by atoms with van der Waals surface area (Å²) in [5.74, 6) is 2.92. The molecule has 9 rings (SSSR count). The molecule has 0 atom stereocenters. The Morgan fingerprint density at radius 1 is 0.733 bits per heavy atom. The summed E-state index contributed by atoms with van der Waals surface area (Å²) in [6, 6.07) is 36.3. The van der Waals surface area contributed by atoms with Gasteiger partial charge < -0.3 is 19.4 Å². The van der Waals surface area contributed by atoms with Crippen LogP contribution in [0.25, 0.3) is 22.5 Å².